The van der Waals surface area contributed by atoms with Crippen LogP contribution in [0.3, 0.4) is 0 Å². The molecule has 1 N–H and O–H groups in total. The van der Waals surface area contributed by atoms with Gasteiger partial charge in [-0.05, 0) is 24.9 Å². The number of carbonyl (C=O) groups is 1. The van der Waals surface area contributed by atoms with Crippen LogP contribution >= 0.6 is 20.6 Å². The second-order valence-electron chi connectivity index (χ2n) is 6.95. The summed E-state index contributed by atoms with van der Waals surface area (Å²) in [4.78, 5) is 10.8. The number of nitrogens with one attached hydrogen (secondary N) is 1. The molecule has 1 amide bonds. The Kier molecular flexibility index (Phi) is 17.0. The first-order chi connectivity index (χ1) is 12.8. The minimum atomic E-state index is -1.29. The molecule has 0 radical (unpaired) electrons. The van der Waals surface area contributed by atoms with E-state index in [2.05, 4.69) is 33.0 Å². The molecule has 0 aromatic heterocycles. The van der Waals surface area contributed by atoms with Gasteiger partial charge in [-0.15, -0.1) is 0 Å². The lowest BCUT2D eigenvalue weighted by atomic mass is 9.97. The molecule has 0 aliphatic heterocycles. The van der Waals surface area contributed by atoms with Crippen molar-refractivity contribution in [1.29, 1.82) is 0 Å². The van der Waals surface area contributed by atoms with Crippen LogP contribution in [0.4, 0.5) is 0 Å². The summed E-state index contributed by atoms with van der Waals surface area (Å²) in [6.45, 7) is 12.6. The minimum absolute atomic E-state index is 0.0436. The van der Waals surface area contributed by atoms with E-state index in [1.165, 1.54) is 19.0 Å². The van der Waals surface area contributed by atoms with E-state index in [4.69, 9.17) is 22.5 Å². The van der Waals surface area contributed by atoms with E-state index < -0.39 is 8.60 Å². The summed E-state index contributed by atoms with van der Waals surface area (Å²) in [5.74, 6) is 0.660. The van der Waals surface area contributed by atoms with Crippen molar-refractivity contribution in [3.63, 3.8) is 0 Å². The highest BCUT2D eigenvalue weighted by atomic mass is 32.2. The molecule has 0 aliphatic carbocycles. The van der Waals surface area contributed by atoms with Gasteiger partial charge in [-0.25, -0.2) is 0 Å². The molecule has 2 unspecified atom stereocenters. The summed E-state index contributed by atoms with van der Waals surface area (Å²) in [5.41, 5.74) is -0.0964. The van der Waals surface area contributed by atoms with Crippen LogP contribution in [-0.4, -0.2) is 57.8 Å². The first-order valence-electron chi connectivity index (χ1n) is 9.55. The number of amides is 1. The molecule has 0 spiro atoms. The maximum atomic E-state index is 10.8. The van der Waals surface area contributed by atoms with Crippen molar-refractivity contribution < 1.29 is 27.3 Å². The third-order valence-corrected chi connectivity index (χ3v) is 5.24. The van der Waals surface area contributed by atoms with Gasteiger partial charge in [-0.3, -0.25) is 4.79 Å². The topological polar surface area (TPSA) is 75.2 Å². The molecule has 0 aliphatic rings. The fourth-order valence-electron chi connectivity index (χ4n) is 2.00. The summed E-state index contributed by atoms with van der Waals surface area (Å²) in [6.07, 6.45) is 3.25. The lowest BCUT2D eigenvalue weighted by Gasteiger charge is -2.24. The zero-order valence-corrected chi connectivity index (χ0v) is 19.5. The molecule has 162 valence electrons. The summed E-state index contributed by atoms with van der Waals surface area (Å²) in [6, 6.07) is 0. The van der Waals surface area contributed by atoms with Crippen LogP contribution in [0.25, 0.3) is 0 Å². The normalized spacial score (nSPS) is 14.1. The van der Waals surface area contributed by atoms with E-state index >= 15 is 0 Å². The van der Waals surface area contributed by atoms with Crippen LogP contribution in [0, 0.1) is 5.41 Å². The number of carbonyl (C=O) groups excluding carboxylic acids is 1. The Labute approximate surface area is 170 Å². The lowest BCUT2D eigenvalue weighted by Crippen LogP contribution is -2.29. The molecule has 0 aromatic rings. The highest BCUT2D eigenvalue weighted by Gasteiger charge is 2.19. The molecule has 7 nitrogen and oxygen atoms in total. The molecule has 0 saturated heterocycles. The Bertz CT molecular complexity index is 376. The van der Waals surface area contributed by atoms with Crippen LogP contribution in [-0.2, 0) is 27.3 Å². The molecule has 0 fully saturated rings. The van der Waals surface area contributed by atoms with Crippen LogP contribution in [0.5, 0.6) is 0 Å². The van der Waals surface area contributed by atoms with Gasteiger partial charge in [0.25, 0.3) is 0 Å². The quantitative estimate of drug-likeness (QED) is 0.198. The van der Waals surface area contributed by atoms with Gasteiger partial charge in [-0.1, -0.05) is 34.1 Å². The van der Waals surface area contributed by atoms with E-state index in [-0.39, 0.29) is 17.4 Å². The van der Waals surface area contributed by atoms with Crippen molar-refractivity contribution in [3.05, 3.63) is 0 Å². The number of hydrogen-bond acceptors (Lipinski definition) is 7. The summed E-state index contributed by atoms with van der Waals surface area (Å²) < 4.78 is 28.1. The Hall–Kier alpha value is 0.0500. The summed E-state index contributed by atoms with van der Waals surface area (Å²) >= 11 is 1.38. The Morgan fingerprint density at radius 1 is 1.22 bits per heavy atom. The zero-order valence-electron chi connectivity index (χ0n) is 17.7. The molecule has 27 heavy (non-hydrogen) atoms. The minimum Gasteiger partial charge on any atom is -0.379 e. The summed E-state index contributed by atoms with van der Waals surface area (Å²) in [7, 11) is 0.320. The second kappa shape index (κ2) is 17.0. The van der Waals surface area contributed by atoms with Gasteiger partial charge in [0.1, 0.15) is 0 Å². The van der Waals surface area contributed by atoms with Gasteiger partial charge in [0.05, 0.1) is 32.5 Å². The average molecular weight is 428 g/mol. The predicted octanol–water partition coefficient (Wildman–Crippen LogP) is 4.32. The van der Waals surface area contributed by atoms with E-state index in [9.17, 15) is 4.79 Å². The second-order valence-corrected chi connectivity index (χ2v) is 9.11. The number of ether oxygens (including phenoxy) is 1. The summed E-state index contributed by atoms with van der Waals surface area (Å²) in [5, 5.41) is 2.70. The third kappa shape index (κ3) is 16.7. The van der Waals surface area contributed by atoms with Crippen molar-refractivity contribution in [1.82, 2.24) is 5.32 Å². The van der Waals surface area contributed by atoms with Crippen LogP contribution in [0.1, 0.15) is 53.9 Å². The van der Waals surface area contributed by atoms with E-state index in [1.54, 1.807) is 7.11 Å². The van der Waals surface area contributed by atoms with Gasteiger partial charge in [0, 0.05) is 31.7 Å². The van der Waals surface area contributed by atoms with E-state index in [0.29, 0.717) is 38.7 Å². The molecular weight excluding hydrogens is 389 g/mol. The SMILES string of the molecule is CCCC(CC)OP(OC)OCCSOCC(C)(C)COCCNC(C)=O. The monoisotopic (exact) mass is 427 g/mol. The lowest BCUT2D eigenvalue weighted by molar-refractivity contribution is -0.119. The fraction of sp³-hybridized carbons (Fsp3) is 0.944. The molecule has 9 heteroatoms. The molecule has 0 bridgehead atoms. The first-order valence-corrected chi connectivity index (χ1v) is 11.6. The Morgan fingerprint density at radius 2 is 1.96 bits per heavy atom. The van der Waals surface area contributed by atoms with Crippen LogP contribution in [0.15, 0.2) is 0 Å². The van der Waals surface area contributed by atoms with Crippen LogP contribution in [0.2, 0.25) is 0 Å². The number of rotatable bonds is 18. The molecular formula is C18H38NO6PS. The van der Waals surface area contributed by atoms with E-state index in [1.807, 2.05) is 0 Å². The maximum Gasteiger partial charge on any atom is 0.332 e. The molecule has 0 heterocycles. The van der Waals surface area contributed by atoms with Gasteiger partial charge in [0.15, 0.2) is 0 Å². The van der Waals surface area contributed by atoms with Crippen LogP contribution < -0.4 is 5.32 Å². The van der Waals surface area contributed by atoms with Crippen molar-refractivity contribution in [3.8, 4) is 0 Å². The van der Waals surface area contributed by atoms with E-state index in [0.717, 1.165) is 19.3 Å². The maximum absolute atomic E-state index is 10.8. The zero-order chi connectivity index (χ0) is 20.5. The van der Waals surface area contributed by atoms with Gasteiger partial charge in [0.2, 0.25) is 5.91 Å². The van der Waals surface area contributed by atoms with Gasteiger partial charge >= 0.3 is 8.60 Å². The van der Waals surface area contributed by atoms with Crippen molar-refractivity contribution >= 4 is 26.6 Å². The molecule has 0 saturated carbocycles. The molecule has 2 atom stereocenters. The standard InChI is InChI=1S/C18H38NO6PS/c1-7-9-17(8-2)25-26(21-6)23-12-13-27-24-15-18(4,5)14-22-11-10-19-16(3)20/h17H,7-15H2,1-6H3,(H,19,20). The van der Waals surface area contributed by atoms with Crippen molar-refractivity contribution in [2.45, 2.75) is 60.0 Å². The van der Waals surface area contributed by atoms with Crippen molar-refractivity contribution in [2.75, 3.05) is 45.8 Å². The third-order valence-electron chi connectivity index (χ3n) is 3.46. The van der Waals surface area contributed by atoms with Gasteiger partial charge in [-0.2, -0.15) is 0 Å². The average Bonchev–Trinajstić information content (AvgIpc) is 2.62. The first kappa shape index (κ1) is 27.0. The van der Waals surface area contributed by atoms with Crippen molar-refractivity contribution in [2.24, 2.45) is 5.41 Å². The number of hydrogen-bond donors (Lipinski definition) is 1. The smallest absolute Gasteiger partial charge is 0.332 e. The predicted molar refractivity (Wildman–Crippen MR) is 112 cm³/mol. The Morgan fingerprint density at radius 3 is 2.56 bits per heavy atom. The molecule has 0 rings (SSSR count). The molecule has 0 aromatic carbocycles. The Balaban J connectivity index is 3.76. The van der Waals surface area contributed by atoms with Gasteiger partial charge < -0.3 is 27.8 Å². The highest BCUT2D eigenvalue weighted by Crippen LogP contribution is 2.41. The largest absolute Gasteiger partial charge is 0.379 e. The highest BCUT2D eigenvalue weighted by molar-refractivity contribution is 7.94. The fourth-order valence-corrected chi connectivity index (χ4v) is 3.78.